The predicted octanol–water partition coefficient (Wildman–Crippen LogP) is 5.69. The number of carbonyl (C=O) groups is 2. The van der Waals surface area contributed by atoms with Crippen LogP contribution in [-0.4, -0.2) is 18.4 Å². The summed E-state index contributed by atoms with van der Waals surface area (Å²) in [4.78, 5) is 27.8. The van der Waals surface area contributed by atoms with Crippen molar-refractivity contribution in [1.29, 1.82) is 0 Å². The first-order valence-corrected chi connectivity index (χ1v) is 10.5. The van der Waals surface area contributed by atoms with Crippen LogP contribution in [0.15, 0.2) is 91.0 Å². The second-order valence-corrected chi connectivity index (χ2v) is 7.75. The fraction of sp³-hybridized carbons (Fsp3) is 0.111. The first kappa shape index (κ1) is 19.1. The van der Waals surface area contributed by atoms with Gasteiger partial charge >= 0.3 is 0 Å². The second kappa shape index (κ2) is 8.07. The van der Waals surface area contributed by atoms with Gasteiger partial charge in [0.05, 0.1) is 0 Å². The topological polar surface area (TPSA) is 49.4 Å². The molecule has 4 nitrogen and oxygen atoms in total. The van der Waals surface area contributed by atoms with Crippen molar-refractivity contribution in [2.45, 2.75) is 12.8 Å². The number of para-hydroxylation sites is 1. The highest BCUT2D eigenvalue weighted by atomic mass is 16.2. The van der Waals surface area contributed by atoms with E-state index >= 15 is 0 Å². The van der Waals surface area contributed by atoms with Gasteiger partial charge in [-0.15, -0.1) is 0 Å². The molecule has 0 radical (unpaired) electrons. The van der Waals surface area contributed by atoms with E-state index in [4.69, 9.17) is 0 Å². The number of rotatable bonds is 3. The van der Waals surface area contributed by atoms with Crippen molar-refractivity contribution in [3.63, 3.8) is 0 Å². The molecule has 0 spiro atoms. The number of nitrogens with one attached hydrogen (secondary N) is 1. The van der Waals surface area contributed by atoms with Gasteiger partial charge in [0, 0.05) is 29.0 Å². The fourth-order valence-electron chi connectivity index (χ4n) is 4.22. The molecule has 0 saturated carbocycles. The van der Waals surface area contributed by atoms with Gasteiger partial charge in [0.1, 0.15) is 0 Å². The molecule has 5 rings (SSSR count). The molecule has 0 bridgehead atoms. The van der Waals surface area contributed by atoms with E-state index in [0.717, 1.165) is 35.8 Å². The summed E-state index contributed by atoms with van der Waals surface area (Å²) in [6, 6.07) is 28.7. The lowest BCUT2D eigenvalue weighted by molar-refractivity contribution is 0.0984. The Bertz CT molecular complexity index is 1270. The van der Waals surface area contributed by atoms with Crippen LogP contribution in [0, 0.1) is 0 Å². The summed E-state index contributed by atoms with van der Waals surface area (Å²) in [7, 11) is 0. The van der Waals surface area contributed by atoms with Gasteiger partial charge in [-0.05, 0) is 65.6 Å². The number of anilines is 2. The lowest BCUT2D eigenvalue weighted by atomic mass is 10.0. The molecule has 1 heterocycles. The maximum atomic E-state index is 13.1. The average molecular weight is 406 g/mol. The largest absolute Gasteiger partial charge is 0.322 e. The molecule has 0 unspecified atom stereocenters. The zero-order valence-electron chi connectivity index (χ0n) is 17.0. The van der Waals surface area contributed by atoms with Crippen LogP contribution in [0.3, 0.4) is 0 Å². The van der Waals surface area contributed by atoms with Gasteiger partial charge in [0.15, 0.2) is 0 Å². The number of aryl methyl sites for hydroxylation is 1. The molecular formula is C27H22N2O2. The van der Waals surface area contributed by atoms with E-state index in [1.54, 1.807) is 24.3 Å². The maximum absolute atomic E-state index is 13.1. The summed E-state index contributed by atoms with van der Waals surface area (Å²) >= 11 is 0. The molecular weight excluding hydrogens is 384 g/mol. The van der Waals surface area contributed by atoms with E-state index in [-0.39, 0.29) is 11.8 Å². The molecule has 1 aliphatic rings. The predicted molar refractivity (Wildman–Crippen MR) is 125 cm³/mol. The minimum absolute atomic E-state index is 0.0147. The van der Waals surface area contributed by atoms with Crippen LogP contribution in [0.4, 0.5) is 11.4 Å². The van der Waals surface area contributed by atoms with Crippen LogP contribution >= 0.6 is 0 Å². The van der Waals surface area contributed by atoms with E-state index < -0.39 is 0 Å². The molecule has 4 heteroatoms. The van der Waals surface area contributed by atoms with Crippen LogP contribution in [0.2, 0.25) is 0 Å². The molecule has 4 aromatic carbocycles. The van der Waals surface area contributed by atoms with Gasteiger partial charge < -0.3 is 10.2 Å². The molecule has 0 saturated heterocycles. The van der Waals surface area contributed by atoms with Crippen molar-refractivity contribution in [2.24, 2.45) is 0 Å². The Morgan fingerprint density at radius 2 is 1.52 bits per heavy atom. The quantitative estimate of drug-likeness (QED) is 0.475. The summed E-state index contributed by atoms with van der Waals surface area (Å²) in [5, 5.41) is 4.89. The Morgan fingerprint density at radius 1 is 0.774 bits per heavy atom. The first-order chi connectivity index (χ1) is 15.2. The molecule has 1 N–H and O–H groups in total. The van der Waals surface area contributed by atoms with Crippen molar-refractivity contribution in [2.75, 3.05) is 16.8 Å². The highest BCUT2D eigenvalue weighted by molar-refractivity contribution is 6.13. The summed E-state index contributed by atoms with van der Waals surface area (Å²) in [5.41, 5.74) is 4.10. The van der Waals surface area contributed by atoms with Gasteiger partial charge in [0.25, 0.3) is 11.8 Å². The minimum Gasteiger partial charge on any atom is -0.322 e. The number of benzene rings is 4. The van der Waals surface area contributed by atoms with Crippen LogP contribution in [-0.2, 0) is 6.42 Å². The minimum atomic E-state index is -0.166. The lowest BCUT2D eigenvalue weighted by Gasteiger charge is -2.29. The molecule has 0 aromatic heterocycles. The SMILES string of the molecule is O=C(Nc1ccc(C(=O)N2CCCc3ccccc32)cc1)c1cccc2ccccc12. The molecule has 0 aliphatic carbocycles. The smallest absolute Gasteiger partial charge is 0.258 e. The standard InChI is InChI=1S/C27H22N2O2/c30-26(24-12-5-9-19-7-1-3-11-23(19)24)28-22-16-14-21(15-17-22)27(31)29-18-6-10-20-8-2-4-13-25(20)29/h1-5,7-9,11-17H,6,10,18H2,(H,28,30). The van der Waals surface area contributed by atoms with E-state index in [1.807, 2.05) is 65.6 Å². The Balaban J connectivity index is 1.35. The Kier molecular flexibility index (Phi) is 4.97. The highest BCUT2D eigenvalue weighted by Crippen LogP contribution is 2.28. The molecule has 4 aromatic rings. The second-order valence-electron chi connectivity index (χ2n) is 7.75. The van der Waals surface area contributed by atoms with Crippen molar-refractivity contribution < 1.29 is 9.59 Å². The van der Waals surface area contributed by atoms with Crippen molar-refractivity contribution >= 4 is 34.0 Å². The number of amides is 2. The van der Waals surface area contributed by atoms with Gasteiger partial charge in [-0.25, -0.2) is 0 Å². The van der Waals surface area contributed by atoms with Gasteiger partial charge in [-0.3, -0.25) is 9.59 Å². The number of hydrogen-bond donors (Lipinski definition) is 1. The number of carbonyl (C=O) groups excluding carboxylic acids is 2. The molecule has 1 aliphatic heterocycles. The normalized spacial score (nSPS) is 13.0. The third-order valence-electron chi connectivity index (χ3n) is 5.78. The molecule has 31 heavy (non-hydrogen) atoms. The summed E-state index contributed by atoms with van der Waals surface area (Å²) < 4.78 is 0. The van der Waals surface area contributed by atoms with E-state index in [2.05, 4.69) is 11.4 Å². The van der Waals surface area contributed by atoms with E-state index in [0.29, 0.717) is 16.8 Å². The third kappa shape index (κ3) is 3.68. The molecule has 152 valence electrons. The van der Waals surface area contributed by atoms with Gasteiger partial charge in [0.2, 0.25) is 0 Å². The number of fused-ring (bicyclic) bond motifs is 2. The van der Waals surface area contributed by atoms with Crippen LogP contribution in [0.25, 0.3) is 10.8 Å². The third-order valence-corrected chi connectivity index (χ3v) is 5.78. The number of nitrogens with zero attached hydrogens (tertiary/aromatic N) is 1. The number of hydrogen-bond acceptors (Lipinski definition) is 2. The Hall–Kier alpha value is -3.92. The summed E-state index contributed by atoms with van der Waals surface area (Å²) in [6.07, 6.45) is 1.96. The highest BCUT2D eigenvalue weighted by Gasteiger charge is 2.23. The molecule has 0 fully saturated rings. The Labute approximate surface area is 181 Å². The zero-order valence-corrected chi connectivity index (χ0v) is 17.0. The monoisotopic (exact) mass is 406 g/mol. The zero-order chi connectivity index (χ0) is 21.2. The van der Waals surface area contributed by atoms with Crippen molar-refractivity contribution in [3.05, 3.63) is 108 Å². The maximum Gasteiger partial charge on any atom is 0.258 e. The fourth-order valence-corrected chi connectivity index (χ4v) is 4.22. The summed E-state index contributed by atoms with van der Waals surface area (Å²) in [6.45, 7) is 0.718. The average Bonchev–Trinajstić information content (AvgIpc) is 2.83. The van der Waals surface area contributed by atoms with Crippen molar-refractivity contribution in [3.8, 4) is 0 Å². The van der Waals surface area contributed by atoms with Crippen LogP contribution in [0.5, 0.6) is 0 Å². The molecule has 0 atom stereocenters. The first-order valence-electron chi connectivity index (χ1n) is 10.5. The van der Waals surface area contributed by atoms with Crippen LogP contribution in [0.1, 0.15) is 32.7 Å². The van der Waals surface area contributed by atoms with E-state index in [1.165, 1.54) is 5.56 Å². The molecule has 2 amide bonds. The Morgan fingerprint density at radius 3 is 2.39 bits per heavy atom. The summed E-state index contributed by atoms with van der Waals surface area (Å²) in [5.74, 6) is -0.181. The van der Waals surface area contributed by atoms with Crippen LogP contribution < -0.4 is 10.2 Å². The van der Waals surface area contributed by atoms with Gasteiger partial charge in [-0.1, -0.05) is 54.6 Å². The lowest BCUT2D eigenvalue weighted by Crippen LogP contribution is -2.35. The van der Waals surface area contributed by atoms with Gasteiger partial charge in [-0.2, -0.15) is 0 Å². The van der Waals surface area contributed by atoms with Crippen molar-refractivity contribution in [1.82, 2.24) is 0 Å². The van der Waals surface area contributed by atoms with E-state index in [9.17, 15) is 9.59 Å².